The van der Waals surface area contributed by atoms with E-state index in [0.717, 1.165) is 41.2 Å². The summed E-state index contributed by atoms with van der Waals surface area (Å²) >= 11 is 3.46. The lowest BCUT2D eigenvalue weighted by atomic mass is 9.72. The van der Waals surface area contributed by atoms with Gasteiger partial charge >= 0.3 is 7.12 Å². The van der Waals surface area contributed by atoms with Crippen molar-refractivity contribution < 1.29 is 28.4 Å². The Balaban J connectivity index is 0.000000157. The zero-order valence-corrected chi connectivity index (χ0v) is 25.5. The van der Waals surface area contributed by atoms with Crippen LogP contribution in [0.1, 0.15) is 75.6 Å². The van der Waals surface area contributed by atoms with Gasteiger partial charge in [0.25, 0.3) is 0 Å². The largest absolute Gasteiger partial charge is 0.494 e. The molecule has 2 aromatic rings. The van der Waals surface area contributed by atoms with Crippen LogP contribution >= 0.6 is 15.9 Å². The summed E-state index contributed by atoms with van der Waals surface area (Å²) in [5, 5.41) is 0. The van der Waals surface area contributed by atoms with Crippen LogP contribution in [-0.4, -0.2) is 56.3 Å². The monoisotopic (exact) mass is 608 g/mol. The highest BCUT2D eigenvalue weighted by atomic mass is 79.9. The highest BCUT2D eigenvalue weighted by molar-refractivity contribution is 9.10. The van der Waals surface area contributed by atoms with E-state index in [-0.39, 0.29) is 29.2 Å². The van der Waals surface area contributed by atoms with Gasteiger partial charge in [-0.05, 0) is 93.2 Å². The zero-order valence-electron chi connectivity index (χ0n) is 23.9. The Morgan fingerprint density at radius 1 is 0.675 bits per heavy atom. The fraction of sp³-hybridized carbons (Fsp3) is 0.562. The number of ketones is 2. The average molecular weight is 609 g/mol. The minimum Gasteiger partial charge on any atom is -0.399 e. The Morgan fingerprint density at radius 2 is 1.12 bits per heavy atom. The third kappa shape index (κ3) is 4.55. The summed E-state index contributed by atoms with van der Waals surface area (Å²) < 4.78 is 24.2. The van der Waals surface area contributed by atoms with Gasteiger partial charge in [0.2, 0.25) is 0 Å². The third-order valence-electron chi connectivity index (χ3n) is 10.2. The van der Waals surface area contributed by atoms with Crippen molar-refractivity contribution in [2.75, 3.05) is 26.4 Å². The Hall–Kier alpha value is -1.84. The molecule has 0 bridgehead atoms. The maximum absolute atomic E-state index is 12.7. The molecule has 5 aliphatic rings. The smallest absolute Gasteiger partial charge is 0.399 e. The molecule has 2 aromatic carbocycles. The van der Waals surface area contributed by atoms with E-state index in [9.17, 15) is 9.59 Å². The first kappa shape index (κ1) is 28.3. The van der Waals surface area contributed by atoms with Crippen molar-refractivity contribution in [2.45, 2.75) is 88.3 Å². The van der Waals surface area contributed by atoms with Gasteiger partial charge < -0.3 is 18.8 Å². The molecule has 40 heavy (non-hydrogen) atoms. The molecule has 0 N–H and O–H groups in total. The van der Waals surface area contributed by atoms with Gasteiger partial charge in [-0.15, -0.1) is 0 Å². The minimum absolute atomic E-state index is 0.228. The average Bonchev–Trinajstić information content (AvgIpc) is 3.43. The lowest BCUT2D eigenvalue weighted by molar-refractivity contribution is -0.126. The maximum atomic E-state index is 12.7. The highest BCUT2D eigenvalue weighted by Crippen LogP contribution is 2.45. The number of Topliss-reactive ketones (excluding diaryl/α,β-unsaturated/α-hetero) is 2. The fourth-order valence-corrected chi connectivity index (χ4v) is 7.46. The number of hydrogen-bond acceptors (Lipinski definition) is 6. The van der Waals surface area contributed by atoms with Gasteiger partial charge in [-0.25, -0.2) is 0 Å². The molecule has 8 heteroatoms. The van der Waals surface area contributed by atoms with Crippen LogP contribution in [0.5, 0.6) is 0 Å². The van der Waals surface area contributed by atoms with Crippen LogP contribution in [0.2, 0.25) is 0 Å². The maximum Gasteiger partial charge on any atom is 0.494 e. The minimum atomic E-state index is -0.373. The van der Waals surface area contributed by atoms with Gasteiger partial charge in [0.05, 0.1) is 22.0 Å². The molecule has 2 aliphatic carbocycles. The van der Waals surface area contributed by atoms with Crippen LogP contribution in [-0.2, 0) is 52.0 Å². The Bertz CT molecular complexity index is 1320. The second kappa shape index (κ2) is 10.2. The summed E-state index contributed by atoms with van der Waals surface area (Å²) in [6.07, 6.45) is 4.40. The van der Waals surface area contributed by atoms with Gasteiger partial charge in [-0.2, -0.15) is 0 Å². The molecule has 0 amide bonds. The van der Waals surface area contributed by atoms with Crippen LogP contribution in [0.4, 0.5) is 0 Å². The molecule has 0 aromatic heterocycles. The number of ether oxygens (including phenoxy) is 2. The van der Waals surface area contributed by atoms with Crippen LogP contribution in [0, 0.1) is 0 Å². The van der Waals surface area contributed by atoms with Crippen LogP contribution in [0.25, 0.3) is 0 Å². The Labute approximate surface area is 245 Å². The van der Waals surface area contributed by atoms with Gasteiger partial charge in [0.1, 0.15) is 11.6 Å². The summed E-state index contributed by atoms with van der Waals surface area (Å²) in [6, 6.07) is 12.5. The Kier molecular flexibility index (Phi) is 7.19. The molecular formula is C32H38BBrO6. The lowest BCUT2D eigenvalue weighted by Gasteiger charge is -2.32. The van der Waals surface area contributed by atoms with Crippen molar-refractivity contribution in [3.8, 4) is 0 Å². The number of carbonyl (C=O) groups excluding carboxylic acids is 2. The van der Waals surface area contributed by atoms with Crippen LogP contribution in [0.15, 0.2) is 40.9 Å². The van der Waals surface area contributed by atoms with Gasteiger partial charge in [0, 0.05) is 43.7 Å². The highest BCUT2D eigenvalue weighted by Gasteiger charge is 2.53. The molecule has 6 nitrogen and oxygen atoms in total. The van der Waals surface area contributed by atoms with E-state index in [4.69, 9.17) is 18.8 Å². The number of fused-ring (bicyclic) bond motifs is 4. The number of benzene rings is 2. The molecule has 3 heterocycles. The standard InChI is InChI=1S/C19H25BO4.C13H13BrO2/c1-17(2)18(3,4)24-20(23-17)14-5-6-15-13(11-14)12-16(21)19(15)7-9-22-10-8-19;14-10-1-2-11-9(7-10)8-12(15)13(11)3-5-16-6-4-13/h5-6,11H,7-10,12H2,1-4H3;1-2,7H,3-6,8H2. The number of carbonyl (C=O) groups is 2. The summed E-state index contributed by atoms with van der Waals surface area (Å²) in [7, 11) is -0.373. The number of hydrogen-bond donors (Lipinski definition) is 0. The third-order valence-corrected chi connectivity index (χ3v) is 10.7. The fourth-order valence-electron chi connectivity index (χ4n) is 7.05. The SMILES string of the molecule is CC1(C)OB(c2ccc3c(c2)CC(=O)C32CCOCC2)OC1(C)C.O=C1Cc2cc(Br)ccc2C12CCOCC2. The predicted molar refractivity (Wildman–Crippen MR) is 157 cm³/mol. The first-order valence-electron chi connectivity index (χ1n) is 14.5. The Morgan fingerprint density at radius 3 is 1.62 bits per heavy atom. The molecule has 3 aliphatic heterocycles. The van der Waals surface area contributed by atoms with E-state index in [1.54, 1.807) is 0 Å². The van der Waals surface area contributed by atoms with Crippen molar-refractivity contribution in [3.05, 3.63) is 63.1 Å². The van der Waals surface area contributed by atoms with Crippen molar-refractivity contribution in [1.82, 2.24) is 0 Å². The quantitative estimate of drug-likeness (QED) is 0.434. The zero-order chi connectivity index (χ0) is 28.3. The molecule has 3 fully saturated rings. The van der Waals surface area contributed by atoms with Crippen molar-refractivity contribution in [1.29, 1.82) is 0 Å². The first-order chi connectivity index (χ1) is 19.0. The van der Waals surface area contributed by atoms with E-state index in [2.05, 4.69) is 74.0 Å². The van der Waals surface area contributed by atoms with Gasteiger partial charge in [-0.1, -0.05) is 40.2 Å². The van der Waals surface area contributed by atoms with Gasteiger partial charge in [0.15, 0.2) is 0 Å². The van der Waals surface area contributed by atoms with E-state index in [0.29, 0.717) is 50.8 Å². The molecule has 0 saturated carbocycles. The van der Waals surface area contributed by atoms with E-state index in [1.807, 2.05) is 6.07 Å². The molecule has 212 valence electrons. The molecular weight excluding hydrogens is 571 g/mol. The molecule has 2 spiro atoms. The normalized spacial score (nSPS) is 25.1. The van der Waals surface area contributed by atoms with Crippen LogP contribution in [0.3, 0.4) is 0 Å². The first-order valence-corrected chi connectivity index (χ1v) is 15.3. The second-order valence-electron chi connectivity index (χ2n) is 12.9. The summed E-state index contributed by atoms with van der Waals surface area (Å²) in [5.74, 6) is 0.718. The molecule has 0 unspecified atom stereocenters. The van der Waals surface area contributed by atoms with Crippen LogP contribution < -0.4 is 5.46 Å². The lowest BCUT2D eigenvalue weighted by Crippen LogP contribution is -2.41. The summed E-state index contributed by atoms with van der Waals surface area (Å²) in [5.41, 5.74) is 4.51. The predicted octanol–water partition coefficient (Wildman–Crippen LogP) is 4.78. The topological polar surface area (TPSA) is 71.1 Å². The van der Waals surface area contributed by atoms with Crippen molar-refractivity contribution in [3.63, 3.8) is 0 Å². The summed E-state index contributed by atoms with van der Waals surface area (Å²) in [6.45, 7) is 11.0. The summed E-state index contributed by atoms with van der Waals surface area (Å²) in [4.78, 5) is 25.0. The van der Waals surface area contributed by atoms with E-state index < -0.39 is 0 Å². The molecule has 0 radical (unpaired) electrons. The van der Waals surface area contributed by atoms with E-state index in [1.165, 1.54) is 16.7 Å². The molecule has 7 rings (SSSR count). The van der Waals surface area contributed by atoms with Gasteiger partial charge in [-0.3, -0.25) is 9.59 Å². The van der Waals surface area contributed by atoms with Crippen molar-refractivity contribution in [2.24, 2.45) is 0 Å². The van der Waals surface area contributed by atoms with Crippen molar-refractivity contribution >= 4 is 40.1 Å². The second-order valence-corrected chi connectivity index (χ2v) is 13.8. The molecule has 0 atom stereocenters. The molecule has 3 saturated heterocycles. The van der Waals surface area contributed by atoms with E-state index >= 15 is 0 Å². The number of halogens is 1. The number of rotatable bonds is 1.